The Morgan fingerprint density at radius 1 is 0.632 bits per heavy atom. The first-order valence-electron chi connectivity index (χ1n) is 10.7. The molecule has 198 valence electrons. The van der Waals surface area contributed by atoms with Crippen LogP contribution >= 0.6 is 0 Å². The Hall–Kier alpha value is -4.70. The topological polar surface area (TPSA) is 203 Å². The van der Waals surface area contributed by atoms with Crippen molar-refractivity contribution < 1.29 is 35.5 Å². The third-order valence-electron chi connectivity index (χ3n) is 4.78. The lowest BCUT2D eigenvalue weighted by atomic mass is 10.3. The second kappa shape index (κ2) is 10.3. The van der Waals surface area contributed by atoms with Crippen LogP contribution in [0, 0.1) is 13.8 Å². The van der Waals surface area contributed by atoms with Crippen molar-refractivity contribution in [2.24, 2.45) is 0 Å². The molecule has 0 atom stereocenters. The van der Waals surface area contributed by atoms with Crippen LogP contribution in [0.5, 0.6) is 0 Å². The maximum atomic E-state index is 12.4. The Labute approximate surface area is 216 Å². The fourth-order valence-electron chi connectivity index (χ4n) is 3.03. The Kier molecular flexibility index (Phi) is 7.18. The fourth-order valence-corrected chi connectivity index (χ4v) is 5.00. The fraction of sp³-hybridized carbons (Fsp3) is 0.0909. The molecule has 0 saturated heterocycles. The first-order valence-corrected chi connectivity index (χ1v) is 13.6. The van der Waals surface area contributed by atoms with E-state index >= 15 is 0 Å². The molecule has 4 rings (SSSR count). The maximum absolute atomic E-state index is 12.4. The van der Waals surface area contributed by atoms with Gasteiger partial charge in [0.25, 0.3) is 20.0 Å². The molecule has 0 aliphatic carbocycles. The molecule has 2 heterocycles. The minimum absolute atomic E-state index is 0.0171. The zero-order chi connectivity index (χ0) is 27.5. The van der Waals surface area contributed by atoms with Gasteiger partial charge >= 0.3 is 11.8 Å². The van der Waals surface area contributed by atoms with Gasteiger partial charge in [0, 0.05) is 23.5 Å². The van der Waals surface area contributed by atoms with Crippen molar-refractivity contribution in [1.82, 2.24) is 10.3 Å². The number of sulfonamides is 2. The summed E-state index contributed by atoms with van der Waals surface area (Å²) in [6, 6.07) is 13.0. The number of aryl methyl sites for hydroxylation is 2. The van der Waals surface area contributed by atoms with Crippen LogP contribution < -0.4 is 20.1 Å². The van der Waals surface area contributed by atoms with E-state index in [9.17, 15) is 26.4 Å². The van der Waals surface area contributed by atoms with Gasteiger partial charge in [0.15, 0.2) is 11.6 Å². The molecule has 16 heteroatoms. The number of carbonyl (C=O) groups excluding carboxylic acids is 2. The average Bonchev–Trinajstić information content (AvgIpc) is 3.45. The third-order valence-corrected chi connectivity index (χ3v) is 7.53. The van der Waals surface area contributed by atoms with E-state index in [0.29, 0.717) is 11.5 Å². The number of benzene rings is 2. The monoisotopic (exact) mass is 560 g/mol. The highest BCUT2D eigenvalue weighted by Gasteiger charge is 2.19. The summed E-state index contributed by atoms with van der Waals surface area (Å²) in [5.41, 5.74) is 0.328. The number of nitrogens with one attached hydrogen (secondary N) is 4. The summed E-state index contributed by atoms with van der Waals surface area (Å²) in [5, 5.41) is 11.8. The van der Waals surface area contributed by atoms with Crippen LogP contribution in [0.25, 0.3) is 0 Å². The van der Waals surface area contributed by atoms with Crippen LogP contribution in [0.1, 0.15) is 11.5 Å². The molecule has 4 aromatic rings. The molecule has 0 unspecified atom stereocenters. The summed E-state index contributed by atoms with van der Waals surface area (Å²) in [7, 11) is -7.91. The van der Waals surface area contributed by atoms with Crippen molar-refractivity contribution in [3.8, 4) is 0 Å². The van der Waals surface area contributed by atoms with E-state index in [1.54, 1.807) is 13.8 Å². The minimum Gasteiger partial charge on any atom is -0.360 e. The molecule has 14 nitrogen and oxygen atoms in total. The summed E-state index contributed by atoms with van der Waals surface area (Å²) in [4.78, 5) is 24.3. The molecule has 38 heavy (non-hydrogen) atoms. The molecule has 0 bridgehead atoms. The van der Waals surface area contributed by atoms with E-state index in [-0.39, 0.29) is 32.8 Å². The summed E-state index contributed by atoms with van der Waals surface area (Å²) < 4.78 is 63.9. The SMILES string of the molecule is Cc1cc(NS(=O)(=O)c2ccc(NC(=O)C(=O)Nc3ccc(S(=O)(=O)Nc4cc(C)on4)cc3)cc2)no1. The van der Waals surface area contributed by atoms with Crippen LogP contribution in [0.2, 0.25) is 0 Å². The molecular weight excluding hydrogens is 540 g/mol. The smallest absolute Gasteiger partial charge is 0.314 e. The van der Waals surface area contributed by atoms with Crippen molar-refractivity contribution >= 4 is 54.9 Å². The molecule has 2 aromatic carbocycles. The van der Waals surface area contributed by atoms with Crippen LogP contribution in [0.4, 0.5) is 23.0 Å². The molecule has 0 saturated carbocycles. The number of rotatable bonds is 8. The Morgan fingerprint density at radius 2 is 0.974 bits per heavy atom. The van der Waals surface area contributed by atoms with Crippen molar-refractivity contribution in [3.05, 3.63) is 72.2 Å². The van der Waals surface area contributed by atoms with Crippen LogP contribution in [-0.4, -0.2) is 39.0 Å². The molecule has 0 fully saturated rings. The van der Waals surface area contributed by atoms with E-state index in [1.165, 1.54) is 60.7 Å². The standard InChI is InChI=1S/C22H20N6O8S2/c1-13-11-19(25-35-13)27-37(31,32)17-7-3-15(4-8-17)23-21(29)22(30)24-16-5-9-18(10-6-16)38(33,34)28-20-12-14(2)36-26-20/h3-12H,1-2H3,(H,23,29)(H,24,30)(H,25,27)(H,26,28). The lowest BCUT2D eigenvalue weighted by Crippen LogP contribution is -2.29. The number of carbonyl (C=O) groups is 2. The summed E-state index contributed by atoms with van der Waals surface area (Å²) >= 11 is 0. The largest absolute Gasteiger partial charge is 0.360 e. The molecule has 0 aliphatic heterocycles. The van der Waals surface area contributed by atoms with E-state index in [4.69, 9.17) is 9.05 Å². The quantitative estimate of drug-likeness (QED) is 0.232. The van der Waals surface area contributed by atoms with Crippen LogP contribution in [0.15, 0.2) is 79.5 Å². The molecule has 2 amide bonds. The summed E-state index contributed by atoms with van der Waals surface area (Å²) in [6.07, 6.45) is 0. The number of amides is 2. The van der Waals surface area contributed by atoms with Crippen molar-refractivity contribution in [2.75, 3.05) is 20.1 Å². The van der Waals surface area contributed by atoms with Crippen molar-refractivity contribution in [3.63, 3.8) is 0 Å². The van der Waals surface area contributed by atoms with Gasteiger partial charge in [0.2, 0.25) is 0 Å². The predicted octanol–water partition coefficient (Wildman–Crippen LogP) is 2.46. The van der Waals surface area contributed by atoms with Gasteiger partial charge < -0.3 is 19.7 Å². The first kappa shape index (κ1) is 26.4. The maximum Gasteiger partial charge on any atom is 0.314 e. The second-order valence-corrected chi connectivity index (χ2v) is 11.2. The van der Waals surface area contributed by atoms with E-state index < -0.39 is 31.9 Å². The van der Waals surface area contributed by atoms with Gasteiger partial charge in [-0.15, -0.1) is 0 Å². The zero-order valence-corrected chi connectivity index (χ0v) is 21.4. The van der Waals surface area contributed by atoms with Gasteiger partial charge in [-0.25, -0.2) is 16.8 Å². The average molecular weight is 561 g/mol. The summed E-state index contributed by atoms with van der Waals surface area (Å²) in [5.74, 6) is -1.18. The predicted molar refractivity (Wildman–Crippen MR) is 134 cm³/mol. The van der Waals surface area contributed by atoms with E-state index in [2.05, 4.69) is 30.4 Å². The molecule has 4 N–H and O–H groups in total. The second-order valence-electron chi connectivity index (χ2n) is 7.81. The summed E-state index contributed by atoms with van der Waals surface area (Å²) in [6.45, 7) is 3.22. The van der Waals surface area contributed by atoms with Gasteiger partial charge in [-0.3, -0.25) is 19.0 Å². The van der Waals surface area contributed by atoms with Crippen molar-refractivity contribution in [2.45, 2.75) is 23.6 Å². The Morgan fingerprint density at radius 3 is 1.26 bits per heavy atom. The van der Waals surface area contributed by atoms with Gasteiger partial charge in [0.1, 0.15) is 11.5 Å². The molecule has 0 radical (unpaired) electrons. The van der Waals surface area contributed by atoms with Crippen LogP contribution in [-0.2, 0) is 29.6 Å². The Bertz CT molecular complexity index is 1570. The highest BCUT2D eigenvalue weighted by molar-refractivity contribution is 7.93. The van der Waals surface area contributed by atoms with E-state index in [1.807, 2.05) is 0 Å². The normalized spacial score (nSPS) is 11.5. The molecule has 0 aliphatic rings. The molecule has 2 aromatic heterocycles. The molecule has 0 spiro atoms. The number of anilines is 4. The minimum atomic E-state index is -3.95. The number of hydrogen-bond donors (Lipinski definition) is 4. The number of nitrogens with zero attached hydrogens (tertiary/aromatic N) is 2. The van der Waals surface area contributed by atoms with Gasteiger partial charge in [-0.1, -0.05) is 10.3 Å². The number of hydrogen-bond acceptors (Lipinski definition) is 10. The Balaban J connectivity index is 1.34. The first-order chi connectivity index (χ1) is 17.9. The highest BCUT2D eigenvalue weighted by Crippen LogP contribution is 2.20. The van der Waals surface area contributed by atoms with Gasteiger partial charge in [-0.2, -0.15) is 0 Å². The lowest BCUT2D eigenvalue weighted by Gasteiger charge is -2.09. The number of aromatic nitrogens is 2. The van der Waals surface area contributed by atoms with Gasteiger partial charge in [0.05, 0.1) is 9.79 Å². The lowest BCUT2D eigenvalue weighted by molar-refractivity contribution is -0.132. The van der Waals surface area contributed by atoms with E-state index in [0.717, 1.165) is 0 Å². The molecular formula is C22H20N6O8S2. The third kappa shape index (κ3) is 6.34. The highest BCUT2D eigenvalue weighted by atomic mass is 32.2. The van der Waals surface area contributed by atoms with Gasteiger partial charge in [-0.05, 0) is 62.4 Å². The van der Waals surface area contributed by atoms with Crippen LogP contribution in [0.3, 0.4) is 0 Å². The zero-order valence-electron chi connectivity index (χ0n) is 19.8. The van der Waals surface area contributed by atoms with Crippen molar-refractivity contribution in [1.29, 1.82) is 0 Å².